The van der Waals surface area contributed by atoms with Crippen molar-refractivity contribution in [3.8, 4) is 6.07 Å². The Kier molecular flexibility index (Phi) is 5.00. The van der Waals surface area contributed by atoms with Crippen LogP contribution in [-0.4, -0.2) is 29.2 Å². The Morgan fingerprint density at radius 1 is 1.29 bits per heavy atom. The minimum Gasteiger partial charge on any atom is -0.444 e. The molecule has 0 rings (SSSR count). The van der Waals surface area contributed by atoms with Gasteiger partial charge in [-0.2, -0.15) is 5.26 Å². The van der Waals surface area contributed by atoms with Crippen LogP contribution in [0.4, 0.5) is 4.79 Å². The molecule has 0 N–H and O–H groups in total. The molecule has 0 aromatic heterocycles. The van der Waals surface area contributed by atoms with Crippen LogP contribution in [0.3, 0.4) is 0 Å². The zero-order chi connectivity index (χ0) is 13.9. The van der Waals surface area contributed by atoms with Crippen molar-refractivity contribution in [1.29, 1.82) is 5.26 Å². The number of hydrogen-bond donors (Lipinski definition) is 0. The van der Waals surface area contributed by atoms with Crippen molar-refractivity contribution in [3.05, 3.63) is 0 Å². The standard InChI is InChI=1S/C13H24N2O2/c1-10(2)15(9-13(6,7)8-14)11(16)17-12(3,4)5/h10H,9H2,1-7H3. The van der Waals surface area contributed by atoms with E-state index in [-0.39, 0.29) is 12.1 Å². The number of rotatable bonds is 3. The highest BCUT2D eigenvalue weighted by Gasteiger charge is 2.29. The van der Waals surface area contributed by atoms with Crippen molar-refractivity contribution in [2.45, 2.75) is 60.1 Å². The van der Waals surface area contributed by atoms with Crippen molar-refractivity contribution < 1.29 is 9.53 Å². The highest BCUT2D eigenvalue weighted by atomic mass is 16.6. The zero-order valence-electron chi connectivity index (χ0n) is 12.0. The molecule has 0 aliphatic rings. The second-order valence-corrected chi connectivity index (χ2v) is 6.20. The van der Waals surface area contributed by atoms with Crippen LogP contribution in [0.25, 0.3) is 0 Å². The Labute approximate surface area is 105 Å². The van der Waals surface area contributed by atoms with Gasteiger partial charge in [-0.1, -0.05) is 0 Å². The lowest BCUT2D eigenvalue weighted by molar-refractivity contribution is 0.0140. The summed E-state index contributed by atoms with van der Waals surface area (Å²) < 4.78 is 5.33. The van der Waals surface area contributed by atoms with Gasteiger partial charge in [0.1, 0.15) is 5.60 Å². The SMILES string of the molecule is CC(C)N(CC(C)(C)C#N)C(=O)OC(C)(C)C. The van der Waals surface area contributed by atoms with Gasteiger partial charge in [-0.15, -0.1) is 0 Å². The second-order valence-electron chi connectivity index (χ2n) is 6.20. The van der Waals surface area contributed by atoms with Gasteiger partial charge in [0.05, 0.1) is 11.5 Å². The smallest absolute Gasteiger partial charge is 0.410 e. The first-order valence-corrected chi connectivity index (χ1v) is 5.89. The Bertz CT molecular complexity index is 308. The van der Waals surface area contributed by atoms with E-state index in [0.717, 1.165) is 0 Å². The molecule has 0 aromatic rings. The summed E-state index contributed by atoms with van der Waals surface area (Å²) >= 11 is 0. The largest absolute Gasteiger partial charge is 0.444 e. The average Bonchev–Trinajstić information content (AvgIpc) is 2.11. The maximum absolute atomic E-state index is 12.0. The van der Waals surface area contributed by atoms with Crippen LogP contribution in [0.15, 0.2) is 0 Å². The average molecular weight is 240 g/mol. The maximum Gasteiger partial charge on any atom is 0.410 e. The maximum atomic E-state index is 12.0. The van der Waals surface area contributed by atoms with Gasteiger partial charge in [0.25, 0.3) is 0 Å². The van der Waals surface area contributed by atoms with E-state index in [1.165, 1.54) is 0 Å². The molecule has 0 spiro atoms. The molecule has 98 valence electrons. The molecule has 0 aliphatic heterocycles. The Morgan fingerprint density at radius 3 is 2.06 bits per heavy atom. The number of carbonyl (C=O) groups is 1. The molecule has 0 radical (unpaired) electrons. The Morgan fingerprint density at radius 2 is 1.76 bits per heavy atom. The van der Waals surface area contributed by atoms with E-state index in [1.54, 1.807) is 4.90 Å². The molecule has 0 aliphatic carbocycles. The first-order chi connectivity index (χ1) is 7.48. The van der Waals surface area contributed by atoms with Crippen molar-refractivity contribution in [1.82, 2.24) is 4.90 Å². The van der Waals surface area contributed by atoms with E-state index in [9.17, 15) is 4.79 Å². The molecular weight excluding hydrogens is 216 g/mol. The number of ether oxygens (including phenoxy) is 1. The first kappa shape index (κ1) is 15.8. The van der Waals surface area contributed by atoms with Crippen molar-refractivity contribution >= 4 is 6.09 Å². The van der Waals surface area contributed by atoms with E-state index in [4.69, 9.17) is 10.00 Å². The number of hydrogen-bond acceptors (Lipinski definition) is 3. The summed E-state index contributed by atoms with van der Waals surface area (Å²) in [7, 11) is 0. The van der Waals surface area contributed by atoms with Crippen molar-refractivity contribution in [2.24, 2.45) is 5.41 Å². The topological polar surface area (TPSA) is 53.3 Å². The van der Waals surface area contributed by atoms with Gasteiger partial charge in [-0.25, -0.2) is 4.79 Å². The molecule has 17 heavy (non-hydrogen) atoms. The molecule has 0 bridgehead atoms. The van der Waals surface area contributed by atoms with Crippen LogP contribution in [0, 0.1) is 16.7 Å². The van der Waals surface area contributed by atoms with Gasteiger partial charge in [0.15, 0.2) is 0 Å². The van der Waals surface area contributed by atoms with Gasteiger partial charge in [-0.3, -0.25) is 0 Å². The van der Waals surface area contributed by atoms with Gasteiger partial charge in [0, 0.05) is 12.6 Å². The van der Waals surface area contributed by atoms with Crippen LogP contribution in [0.2, 0.25) is 0 Å². The molecule has 0 heterocycles. The lowest BCUT2D eigenvalue weighted by atomic mass is 9.95. The van der Waals surface area contributed by atoms with Gasteiger partial charge in [0.2, 0.25) is 0 Å². The summed E-state index contributed by atoms with van der Waals surface area (Å²) in [5, 5.41) is 9.01. The fourth-order valence-corrected chi connectivity index (χ4v) is 1.24. The van der Waals surface area contributed by atoms with E-state index in [0.29, 0.717) is 6.54 Å². The lowest BCUT2D eigenvalue weighted by Crippen LogP contribution is -2.45. The van der Waals surface area contributed by atoms with Crippen LogP contribution in [0.5, 0.6) is 0 Å². The molecule has 4 nitrogen and oxygen atoms in total. The zero-order valence-corrected chi connectivity index (χ0v) is 12.0. The summed E-state index contributed by atoms with van der Waals surface area (Å²) in [5.74, 6) is 0. The minimum atomic E-state index is -0.568. The highest BCUT2D eigenvalue weighted by Crippen LogP contribution is 2.19. The molecule has 1 amide bonds. The summed E-state index contributed by atoms with van der Waals surface area (Å²) in [6, 6.07) is 2.21. The van der Waals surface area contributed by atoms with Crippen molar-refractivity contribution in [3.63, 3.8) is 0 Å². The summed E-state index contributed by atoms with van der Waals surface area (Å²) in [6.45, 7) is 13.3. The number of carbonyl (C=O) groups excluding carboxylic acids is 1. The van der Waals surface area contributed by atoms with Crippen LogP contribution < -0.4 is 0 Å². The van der Waals surface area contributed by atoms with Gasteiger partial charge >= 0.3 is 6.09 Å². The van der Waals surface area contributed by atoms with E-state index >= 15 is 0 Å². The normalized spacial score (nSPS) is 12.2. The molecule has 0 saturated heterocycles. The Balaban J connectivity index is 4.78. The first-order valence-electron chi connectivity index (χ1n) is 5.89. The monoisotopic (exact) mass is 240 g/mol. The molecule has 4 heteroatoms. The van der Waals surface area contributed by atoms with Gasteiger partial charge < -0.3 is 9.64 Å². The number of amides is 1. The molecule has 0 saturated carbocycles. The molecule has 0 fully saturated rings. The van der Waals surface area contributed by atoms with E-state index < -0.39 is 11.0 Å². The second kappa shape index (κ2) is 5.39. The molecule has 0 aromatic carbocycles. The summed E-state index contributed by atoms with van der Waals surface area (Å²) in [5.41, 5.74) is -1.08. The fourth-order valence-electron chi connectivity index (χ4n) is 1.24. The van der Waals surface area contributed by atoms with Crippen LogP contribution in [0.1, 0.15) is 48.5 Å². The summed E-state index contributed by atoms with van der Waals surface area (Å²) in [6.07, 6.45) is -0.365. The van der Waals surface area contributed by atoms with Gasteiger partial charge in [-0.05, 0) is 48.5 Å². The van der Waals surface area contributed by atoms with Crippen LogP contribution in [-0.2, 0) is 4.74 Å². The summed E-state index contributed by atoms with van der Waals surface area (Å²) in [4.78, 5) is 13.6. The number of nitrogens with zero attached hydrogens (tertiary/aromatic N) is 2. The fraction of sp³-hybridized carbons (Fsp3) is 0.846. The lowest BCUT2D eigenvalue weighted by Gasteiger charge is -2.33. The molecule has 0 unspecified atom stereocenters. The number of nitriles is 1. The Hall–Kier alpha value is -1.24. The van der Waals surface area contributed by atoms with E-state index in [1.807, 2.05) is 48.5 Å². The molecular formula is C13H24N2O2. The molecule has 0 atom stereocenters. The third-order valence-corrected chi connectivity index (χ3v) is 2.12. The predicted molar refractivity (Wildman–Crippen MR) is 67.5 cm³/mol. The predicted octanol–water partition coefficient (Wildman–Crippen LogP) is 3.18. The quantitative estimate of drug-likeness (QED) is 0.761. The highest BCUT2D eigenvalue weighted by molar-refractivity contribution is 5.68. The minimum absolute atomic E-state index is 0.0116. The van der Waals surface area contributed by atoms with E-state index in [2.05, 4.69) is 6.07 Å². The third kappa shape index (κ3) is 6.15. The van der Waals surface area contributed by atoms with Crippen molar-refractivity contribution in [2.75, 3.05) is 6.54 Å². The van der Waals surface area contributed by atoms with Crippen LogP contribution >= 0.6 is 0 Å². The third-order valence-electron chi connectivity index (χ3n) is 2.12.